The van der Waals surface area contributed by atoms with Crippen molar-refractivity contribution >= 4 is 23.2 Å². The van der Waals surface area contributed by atoms with E-state index in [0.29, 0.717) is 21.3 Å². The maximum Gasteiger partial charge on any atom is 0.258 e. The molecule has 0 spiro atoms. The van der Waals surface area contributed by atoms with Crippen molar-refractivity contribution in [2.45, 2.75) is 6.92 Å². The van der Waals surface area contributed by atoms with Crippen LogP contribution in [0.4, 0.5) is 0 Å². The number of halogens is 2. The molecule has 0 aliphatic heterocycles. The average Bonchev–Trinajstić information content (AvgIpc) is 2.91. The van der Waals surface area contributed by atoms with E-state index in [1.54, 1.807) is 31.2 Å². The Morgan fingerprint density at radius 3 is 2.71 bits per heavy atom. The first-order chi connectivity index (χ1) is 10.0. The molecular formula is C14H9Cl2N3O2. The molecule has 0 saturated heterocycles. The molecule has 0 aliphatic rings. The summed E-state index contributed by atoms with van der Waals surface area (Å²) in [7, 11) is 0. The van der Waals surface area contributed by atoms with Crippen LogP contribution >= 0.6 is 23.2 Å². The minimum absolute atomic E-state index is 0.162. The average molecular weight is 322 g/mol. The fourth-order valence-corrected chi connectivity index (χ4v) is 2.22. The van der Waals surface area contributed by atoms with Crippen LogP contribution in [0.5, 0.6) is 5.75 Å². The van der Waals surface area contributed by atoms with Crippen LogP contribution in [-0.4, -0.2) is 20.2 Å². The van der Waals surface area contributed by atoms with Crippen molar-refractivity contribution < 1.29 is 9.63 Å². The number of phenols is 1. The summed E-state index contributed by atoms with van der Waals surface area (Å²) in [5.41, 5.74) is 1.76. The predicted molar refractivity (Wildman–Crippen MR) is 79.4 cm³/mol. The number of benzene rings is 1. The highest BCUT2D eigenvalue weighted by Crippen LogP contribution is 2.29. The predicted octanol–water partition coefficient (Wildman–Crippen LogP) is 4.12. The van der Waals surface area contributed by atoms with Crippen LogP contribution in [0, 0.1) is 6.92 Å². The van der Waals surface area contributed by atoms with Crippen molar-refractivity contribution in [1.82, 2.24) is 15.1 Å². The molecule has 0 amide bonds. The fourth-order valence-electron chi connectivity index (χ4n) is 1.76. The Balaban J connectivity index is 2.01. The quantitative estimate of drug-likeness (QED) is 0.768. The largest absolute Gasteiger partial charge is 0.508 e. The number of aryl methyl sites for hydroxylation is 1. The molecule has 1 aromatic carbocycles. The third-order valence-corrected chi connectivity index (χ3v) is 3.40. The van der Waals surface area contributed by atoms with Gasteiger partial charge in [0.1, 0.15) is 11.4 Å². The van der Waals surface area contributed by atoms with Gasteiger partial charge in [-0.2, -0.15) is 4.98 Å². The van der Waals surface area contributed by atoms with Crippen molar-refractivity contribution in [3.63, 3.8) is 0 Å². The van der Waals surface area contributed by atoms with Crippen LogP contribution in [0.25, 0.3) is 23.0 Å². The molecule has 0 unspecified atom stereocenters. The zero-order valence-corrected chi connectivity index (χ0v) is 12.4. The summed E-state index contributed by atoms with van der Waals surface area (Å²) >= 11 is 11.9. The van der Waals surface area contributed by atoms with Crippen LogP contribution in [-0.2, 0) is 0 Å². The maximum absolute atomic E-state index is 9.72. The van der Waals surface area contributed by atoms with Crippen LogP contribution < -0.4 is 0 Å². The third kappa shape index (κ3) is 2.70. The number of rotatable bonds is 2. The highest BCUT2D eigenvalue weighted by Gasteiger charge is 2.15. The van der Waals surface area contributed by atoms with Gasteiger partial charge in [-0.25, -0.2) is 4.98 Å². The van der Waals surface area contributed by atoms with E-state index in [1.807, 2.05) is 0 Å². The Hall–Kier alpha value is -2.11. The Bertz CT molecular complexity index is 818. The highest BCUT2D eigenvalue weighted by atomic mass is 35.5. The van der Waals surface area contributed by atoms with Crippen molar-refractivity contribution in [2.75, 3.05) is 0 Å². The summed E-state index contributed by atoms with van der Waals surface area (Å²) in [4.78, 5) is 8.32. The van der Waals surface area contributed by atoms with Crippen LogP contribution in [0.3, 0.4) is 0 Å². The lowest BCUT2D eigenvalue weighted by Gasteiger charge is -1.99. The van der Waals surface area contributed by atoms with Gasteiger partial charge in [-0.15, -0.1) is 0 Å². The number of pyridine rings is 1. The first-order valence-corrected chi connectivity index (χ1v) is 6.75. The molecule has 0 atom stereocenters. The first-order valence-electron chi connectivity index (χ1n) is 5.99. The number of hydrogen-bond acceptors (Lipinski definition) is 5. The van der Waals surface area contributed by atoms with E-state index in [0.717, 1.165) is 5.56 Å². The second kappa shape index (κ2) is 5.35. The van der Waals surface area contributed by atoms with Gasteiger partial charge >= 0.3 is 0 Å². The van der Waals surface area contributed by atoms with Gasteiger partial charge in [0.2, 0.25) is 5.82 Å². The standard InChI is InChI=1S/C14H9Cl2N3O2/c1-7-2-3-8(4-11(7)20)14-18-13(19-21-14)12-10(16)5-9(15)6-17-12/h2-6,20H,1H3. The summed E-state index contributed by atoms with van der Waals surface area (Å²) in [6.45, 7) is 1.80. The van der Waals surface area contributed by atoms with Gasteiger partial charge in [-0.3, -0.25) is 0 Å². The fraction of sp³-hybridized carbons (Fsp3) is 0.0714. The Morgan fingerprint density at radius 2 is 2.00 bits per heavy atom. The van der Waals surface area contributed by atoms with Gasteiger partial charge in [0, 0.05) is 11.8 Å². The number of aromatic hydroxyl groups is 1. The topological polar surface area (TPSA) is 72.0 Å². The Morgan fingerprint density at radius 1 is 1.19 bits per heavy atom. The summed E-state index contributed by atoms with van der Waals surface area (Å²) in [6, 6.07) is 6.66. The number of phenolic OH excluding ortho intramolecular Hbond substituents is 1. The van der Waals surface area contributed by atoms with E-state index in [2.05, 4.69) is 15.1 Å². The van der Waals surface area contributed by atoms with E-state index in [9.17, 15) is 5.11 Å². The molecule has 2 aromatic heterocycles. The zero-order valence-electron chi connectivity index (χ0n) is 10.8. The smallest absolute Gasteiger partial charge is 0.258 e. The lowest BCUT2D eigenvalue weighted by Crippen LogP contribution is -1.87. The third-order valence-electron chi connectivity index (χ3n) is 2.90. The van der Waals surface area contributed by atoms with Crippen LogP contribution in [0.15, 0.2) is 35.0 Å². The Kier molecular flexibility index (Phi) is 3.53. The van der Waals surface area contributed by atoms with Gasteiger partial charge in [0.15, 0.2) is 0 Å². The molecule has 5 nitrogen and oxygen atoms in total. The lowest BCUT2D eigenvalue weighted by molar-refractivity contribution is 0.431. The van der Waals surface area contributed by atoms with Gasteiger partial charge in [-0.05, 0) is 30.7 Å². The monoisotopic (exact) mass is 321 g/mol. The SMILES string of the molecule is Cc1ccc(-c2nc(-c3ncc(Cl)cc3Cl)no2)cc1O. The van der Waals surface area contributed by atoms with Crippen molar-refractivity contribution in [1.29, 1.82) is 0 Å². The van der Waals surface area contributed by atoms with E-state index in [4.69, 9.17) is 27.7 Å². The van der Waals surface area contributed by atoms with Crippen LogP contribution in [0.2, 0.25) is 10.0 Å². The lowest BCUT2D eigenvalue weighted by atomic mass is 10.1. The molecule has 2 heterocycles. The number of hydrogen-bond donors (Lipinski definition) is 1. The molecule has 0 aliphatic carbocycles. The van der Waals surface area contributed by atoms with Gasteiger partial charge in [0.05, 0.1) is 10.0 Å². The summed E-state index contributed by atoms with van der Waals surface area (Å²) in [6.07, 6.45) is 1.45. The molecule has 0 bridgehead atoms. The molecule has 21 heavy (non-hydrogen) atoms. The molecule has 1 N–H and O–H groups in total. The van der Waals surface area contributed by atoms with Crippen molar-refractivity contribution in [3.8, 4) is 28.7 Å². The maximum atomic E-state index is 9.72. The molecule has 0 radical (unpaired) electrons. The van der Waals surface area contributed by atoms with Crippen LogP contribution in [0.1, 0.15) is 5.56 Å². The molecule has 7 heteroatoms. The van der Waals surface area contributed by atoms with E-state index >= 15 is 0 Å². The summed E-state index contributed by atoms with van der Waals surface area (Å²) in [5, 5.41) is 14.3. The number of nitrogens with zero attached hydrogens (tertiary/aromatic N) is 3. The zero-order chi connectivity index (χ0) is 15.0. The van der Waals surface area contributed by atoms with E-state index < -0.39 is 0 Å². The minimum atomic E-state index is 0.162. The number of aromatic nitrogens is 3. The van der Waals surface area contributed by atoms with Crippen molar-refractivity contribution in [2.24, 2.45) is 0 Å². The molecule has 106 valence electrons. The Labute approximate surface area is 130 Å². The molecule has 3 aromatic rings. The molecular weight excluding hydrogens is 313 g/mol. The second-order valence-electron chi connectivity index (χ2n) is 4.41. The van der Waals surface area contributed by atoms with Gasteiger partial charge in [0.25, 0.3) is 5.89 Å². The molecule has 3 rings (SSSR count). The highest BCUT2D eigenvalue weighted by molar-refractivity contribution is 6.35. The summed E-state index contributed by atoms with van der Waals surface area (Å²) in [5.74, 6) is 0.690. The minimum Gasteiger partial charge on any atom is -0.508 e. The normalized spacial score (nSPS) is 10.8. The first kappa shape index (κ1) is 13.9. The molecule has 0 fully saturated rings. The summed E-state index contributed by atoms with van der Waals surface area (Å²) < 4.78 is 5.18. The van der Waals surface area contributed by atoms with Gasteiger partial charge in [-0.1, -0.05) is 34.4 Å². The molecule has 0 saturated carbocycles. The van der Waals surface area contributed by atoms with Crippen molar-refractivity contribution in [3.05, 3.63) is 46.1 Å². The van der Waals surface area contributed by atoms with E-state index in [1.165, 1.54) is 6.20 Å². The van der Waals surface area contributed by atoms with E-state index in [-0.39, 0.29) is 17.5 Å². The van der Waals surface area contributed by atoms with Gasteiger partial charge < -0.3 is 9.63 Å². The second-order valence-corrected chi connectivity index (χ2v) is 5.25.